The summed E-state index contributed by atoms with van der Waals surface area (Å²) in [5.41, 5.74) is 2.85. The average Bonchev–Trinajstić information content (AvgIpc) is 3.09. The van der Waals surface area contributed by atoms with Crippen LogP contribution in [0, 0.1) is 0 Å². The van der Waals surface area contributed by atoms with Crippen LogP contribution in [0.1, 0.15) is 22.8 Å². The van der Waals surface area contributed by atoms with Gasteiger partial charge in [0, 0.05) is 37.5 Å². The summed E-state index contributed by atoms with van der Waals surface area (Å²) in [6, 6.07) is 11.5. The van der Waals surface area contributed by atoms with Gasteiger partial charge >= 0.3 is 6.18 Å². The molecule has 2 aromatic heterocycles. The molecule has 0 spiro atoms. The largest absolute Gasteiger partial charge is 0.451 e. The van der Waals surface area contributed by atoms with Crippen molar-refractivity contribution in [2.75, 3.05) is 6.54 Å². The molecule has 134 valence electrons. The fraction of sp³-hybridized carbons (Fsp3) is 0.278. The van der Waals surface area contributed by atoms with Crippen molar-refractivity contribution >= 4 is 0 Å². The molecule has 0 N–H and O–H groups in total. The molecule has 1 aliphatic heterocycles. The Bertz CT molecular complexity index is 908. The normalized spacial score (nSPS) is 15.0. The maximum Gasteiger partial charge on any atom is 0.451 e. The highest BCUT2D eigenvalue weighted by atomic mass is 19.4. The highest BCUT2D eigenvalue weighted by molar-refractivity contribution is 5.56. The first-order valence-corrected chi connectivity index (χ1v) is 8.14. The van der Waals surface area contributed by atoms with E-state index < -0.39 is 12.0 Å². The molecule has 26 heavy (non-hydrogen) atoms. The molecule has 1 aliphatic rings. The number of hydrogen-bond acceptors (Lipinski definition) is 5. The summed E-state index contributed by atoms with van der Waals surface area (Å²) in [7, 11) is 0. The number of rotatable bonds is 3. The Morgan fingerprint density at radius 2 is 1.96 bits per heavy atom. The van der Waals surface area contributed by atoms with E-state index in [4.69, 9.17) is 4.52 Å². The molecule has 0 fully saturated rings. The smallest absolute Gasteiger partial charge is 0.356 e. The molecule has 0 saturated heterocycles. The van der Waals surface area contributed by atoms with Crippen LogP contribution in [0.5, 0.6) is 0 Å². The van der Waals surface area contributed by atoms with Crippen LogP contribution < -0.4 is 0 Å². The van der Waals surface area contributed by atoms with E-state index in [2.05, 4.69) is 15.1 Å². The van der Waals surface area contributed by atoms with Gasteiger partial charge in [0.25, 0.3) is 0 Å². The molecule has 8 heteroatoms. The van der Waals surface area contributed by atoms with Crippen LogP contribution in [0.3, 0.4) is 0 Å². The van der Waals surface area contributed by atoms with Gasteiger partial charge < -0.3 is 4.52 Å². The summed E-state index contributed by atoms with van der Waals surface area (Å²) in [4.78, 5) is 9.14. The van der Waals surface area contributed by atoms with Crippen molar-refractivity contribution in [3.05, 3.63) is 65.4 Å². The van der Waals surface area contributed by atoms with Crippen molar-refractivity contribution in [3.8, 4) is 11.3 Å². The first-order chi connectivity index (χ1) is 12.5. The Balaban J connectivity index is 1.49. The summed E-state index contributed by atoms with van der Waals surface area (Å²) in [5.74, 6) is -0.425. The van der Waals surface area contributed by atoms with E-state index in [9.17, 15) is 13.2 Å². The van der Waals surface area contributed by atoms with Crippen LogP contribution in [0.2, 0.25) is 0 Å². The van der Waals surface area contributed by atoms with E-state index >= 15 is 0 Å². The van der Waals surface area contributed by atoms with Crippen molar-refractivity contribution in [3.63, 3.8) is 0 Å². The SMILES string of the molecule is FC(F)(F)c1ncc2c(n1)CN(Cc1cc(-c3ccccc3)on1)CC2. The van der Waals surface area contributed by atoms with Gasteiger partial charge in [-0.2, -0.15) is 13.2 Å². The summed E-state index contributed by atoms with van der Waals surface area (Å²) in [6.45, 7) is 1.52. The lowest BCUT2D eigenvalue weighted by molar-refractivity contribution is -0.145. The number of benzene rings is 1. The standard InChI is InChI=1S/C18H15F3N4O/c19-18(20,21)17-22-9-13-6-7-25(11-15(13)23-17)10-14-8-16(26-24-14)12-4-2-1-3-5-12/h1-5,8-9H,6-7,10-11H2. The molecule has 0 bridgehead atoms. The second-order valence-corrected chi connectivity index (χ2v) is 6.17. The highest BCUT2D eigenvalue weighted by Crippen LogP contribution is 2.28. The number of hydrogen-bond donors (Lipinski definition) is 0. The predicted molar refractivity (Wildman–Crippen MR) is 86.8 cm³/mol. The maximum absolute atomic E-state index is 12.8. The van der Waals surface area contributed by atoms with Crippen molar-refractivity contribution in [2.45, 2.75) is 25.7 Å². The zero-order valence-electron chi connectivity index (χ0n) is 13.7. The first-order valence-electron chi connectivity index (χ1n) is 8.14. The van der Waals surface area contributed by atoms with E-state index in [0.29, 0.717) is 37.5 Å². The lowest BCUT2D eigenvalue weighted by Crippen LogP contribution is -2.31. The molecular formula is C18H15F3N4O. The van der Waals surface area contributed by atoms with Crippen molar-refractivity contribution in [1.82, 2.24) is 20.0 Å². The van der Waals surface area contributed by atoms with E-state index in [-0.39, 0.29) is 0 Å². The van der Waals surface area contributed by atoms with Crippen molar-refractivity contribution < 1.29 is 17.7 Å². The Morgan fingerprint density at radius 3 is 2.73 bits per heavy atom. The van der Waals surface area contributed by atoms with Crippen LogP contribution in [-0.2, 0) is 25.7 Å². The molecule has 3 aromatic rings. The molecule has 0 amide bonds. The molecule has 0 unspecified atom stereocenters. The van der Waals surface area contributed by atoms with Crippen molar-refractivity contribution in [1.29, 1.82) is 0 Å². The maximum atomic E-state index is 12.8. The zero-order valence-corrected chi connectivity index (χ0v) is 13.7. The monoisotopic (exact) mass is 360 g/mol. The van der Waals surface area contributed by atoms with E-state index in [1.54, 1.807) is 0 Å². The Morgan fingerprint density at radius 1 is 1.15 bits per heavy atom. The lowest BCUT2D eigenvalue weighted by atomic mass is 10.1. The molecule has 0 radical (unpaired) electrons. The minimum Gasteiger partial charge on any atom is -0.356 e. The van der Waals surface area contributed by atoms with E-state index in [0.717, 1.165) is 16.8 Å². The van der Waals surface area contributed by atoms with Gasteiger partial charge in [-0.3, -0.25) is 4.90 Å². The highest BCUT2D eigenvalue weighted by Gasteiger charge is 2.35. The van der Waals surface area contributed by atoms with Crippen LogP contribution in [0.4, 0.5) is 13.2 Å². The third kappa shape index (κ3) is 3.45. The van der Waals surface area contributed by atoms with Gasteiger partial charge in [-0.05, 0) is 12.0 Å². The quantitative estimate of drug-likeness (QED) is 0.713. The summed E-state index contributed by atoms with van der Waals surface area (Å²) >= 11 is 0. The van der Waals surface area contributed by atoms with E-state index in [1.807, 2.05) is 41.3 Å². The number of nitrogens with zero attached hydrogens (tertiary/aromatic N) is 4. The molecule has 5 nitrogen and oxygen atoms in total. The topological polar surface area (TPSA) is 55.1 Å². The summed E-state index contributed by atoms with van der Waals surface area (Å²) in [5, 5.41) is 4.07. The van der Waals surface area contributed by atoms with Gasteiger partial charge in [0.15, 0.2) is 5.76 Å². The number of alkyl halides is 3. The van der Waals surface area contributed by atoms with Crippen molar-refractivity contribution in [2.24, 2.45) is 0 Å². The second kappa shape index (κ2) is 6.53. The number of aromatic nitrogens is 3. The van der Waals surface area contributed by atoms with Crippen LogP contribution >= 0.6 is 0 Å². The molecule has 0 saturated carbocycles. The van der Waals surface area contributed by atoms with Gasteiger partial charge in [0.05, 0.1) is 11.4 Å². The third-order valence-electron chi connectivity index (χ3n) is 4.28. The lowest BCUT2D eigenvalue weighted by Gasteiger charge is -2.27. The average molecular weight is 360 g/mol. The third-order valence-corrected chi connectivity index (χ3v) is 4.28. The van der Waals surface area contributed by atoms with Gasteiger partial charge in [-0.1, -0.05) is 35.5 Å². The Kier molecular flexibility index (Phi) is 4.20. The summed E-state index contributed by atoms with van der Waals surface area (Å²) in [6.07, 6.45) is -2.64. The Hall–Kier alpha value is -2.74. The second-order valence-electron chi connectivity index (χ2n) is 6.17. The number of fused-ring (bicyclic) bond motifs is 1. The van der Waals surface area contributed by atoms with Gasteiger partial charge in [0.2, 0.25) is 5.82 Å². The predicted octanol–water partition coefficient (Wildman–Crippen LogP) is 3.71. The van der Waals surface area contributed by atoms with Crippen LogP contribution in [0.15, 0.2) is 47.1 Å². The minimum absolute atomic E-state index is 0.328. The first kappa shape index (κ1) is 16.7. The number of halogens is 3. The van der Waals surface area contributed by atoms with Crippen LogP contribution in [0.25, 0.3) is 11.3 Å². The molecule has 4 rings (SSSR count). The molecular weight excluding hydrogens is 345 g/mol. The molecule has 1 aromatic carbocycles. The molecule has 0 atom stereocenters. The fourth-order valence-corrected chi connectivity index (χ4v) is 2.98. The zero-order chi connectivity index (χ0) is 18.1. The van der Waals surface area contributed by atoms with E-state index in [1.165, 1.54) is 6.20 Å². The van der Waals surface area contributed by atoms with Gasteiger partial charge in [-0.15, -0.1) is 0 Å². The molecule has 3 heterocycles. The van der Waals surface area contributed by atoms with Gasteiger partial charge in [-0.25, -0.2) is 9.97 Å². The van der Waals surface area contributed by atoms with Crippen LogP contribution in [-0.4, -0.2) is 26.6 Å². The minimum atomic E-state index is -4.53. The molecule has 0 aliphatic carbocycles. The Labute approximate surface area is 147 Å². The fourth-order valence-electron chi connectivity index (χ4n) is 2.98. The van der Waals surface area contributed by atoms with Gasteiger partial charge in [0.1, 0.15) is 0 Å². The summed E-state index contributed by atoms with van der Waals surface area (Å²) < 4.78 is 43.8.